The van der Waals surface area contributed by atoms with Gasteiger partial charge >= 0.3 is 0 Å². The molecule has 0 bridgehead atoms. The summed E-state index contributed by atoms with van der Waals surface area (Å²) in [7, 11) is 0. The highest BCUT2D eigenvalue weighted by Gasteiger charge is 2.47. The number of nitrogens with zero attached hydrogens (tertiary/aromatic N) is 1. The van der Waals surface area contributed by atoms with Gasteiger partial charge in [-0.25, -0.2) is 0 Å². The van der Waals surface area contributed by atoms with E-state index in [2.05, 4.69) is 4.98 Å². The van der Waals surface area contributed by atoms with Gasteiger partial charge in [-0.15, -0.1) is 11.3 Å². The predicted octanol–water partition coefficient (Wildman–Crippen LogP) is 6.25. The van der Waals surface area contributed by atoms with E-state index in [1.807, 2.05) is 55.8 Å². The van der Waals surface area contributed by atoms with Crippen LogP contribution in [0.25, 0.3) is 16.7 Å². The zero-order valence-corrected chi connectivity index (χ0v) is 21.4. The zero-order chi connectivity index (χ0) is 25.4. The number of Topliss-reactive ketones (excluding diaryl/α,β-unsaturated/α-hetero) is 1. The Morgan fingerprint density at radius 3 is 2.75 bits per heavy atom. The molecule has 0 spiro atoms. The van der Waals surface area contributed by atoms with E-state index in [9.17, 15) is 14.7 Å². The molecule has 0 aliphatic carbocycles. The molecule has 36 heavy (non-hydrogen) atoms. The minimum absolute atomic E-state index is 0.0417. The number of benzene rings is 2. The minimum Gasteiger partial charge on any atom is -0.507 e. The van der Waals surface area contributed by atoms with E-state index in [1.54, 1.807) is 23.1 Å². The van der Waals surface area contributed by atoms with Crippen LogP contribution in [0.4, 0.5) is 0 Å². The lowest BCUT2D eigenvalue weighted by atomic mass is 9.98. The number of carbonyl (C=O) groups is 2. The molecule has 8 heteroatoms. The third-order valence-corrected chi connectivity index (χ3v) is 7.89. The number of para-hydroxylation sites is 1. The quantitative estimate of drug-likeness (QED) is 0.171. The number of ketones is 1. The topological polar surface area (TPSA) is 82.6 Å². The summed E-state index contributed by atoms with van der Waals surface area (Å²) in [5, 5.41) is 14.7. The molecule has 4 aromatic rings. The van der Waals surface area contributed by atoms with Crippen LogP contribution in [0.2, 0.25) is 5.02 Å². The summed E-state index contributed by atoms with van der Waals surface area (Å²) >= 11 is 7.87. The molecule has 1 aliphatic heterocycles. The van der Waals surface area contributed by atoms with Crippen molar-refractivity contribution in [3.8, 4) is 5.75 Å². The first-order valence-electron chi connectivity index (χ1n) is 11.7. The highest BCUT2D eigenvalue weighted by atomic mass is 35.5. The van der Waals surface area contributed by atoms with Crippen molar-refractivity contribution < 1.29 is 19.4 Å². The first kappa shape index (κ1) is 24.2. The Hall–Kier alpha value is -3.55. The molecule has 1 saturated heterocycles. The van der Waals surface area contributed by atoms with Gasteiger partial charge in [-0.1, -0.05) is 29.8 Å². The van der Waals surface area contributed by atoms with Crippen LogP contribution in [0.15, 0.2) is 65.7 Å². The van der Waals surface area contributed by atoms with Gasteiger partial charge < -0.3 is 19.7 Å². The number of thiophene rings is 1. The Bertz CT molecular complexity index is 1500. The fourth-order valence-electron chi connectivity index (χ4n) is 4.71. The number of aromatic amines is 1. The molecular formula is C28H25ClN2O4S. The summed E-state index contributed by atoms with van der Waals surface area (Å²) in [5.74, 6) is -1.14. The van der Waals surface area contributed by atoms with E-state index >= 15 is 0 Å². The summed E-state index contributed by atoms with van der Waals surface area (Å²) in [4.78, 5) is 32.3. The molecule has 2 aromatic carbocycles. The number of aryl methyl sites for hydroxylation is 1. The molecule has 1 atom stereocenters. The SMILES string of the molecule is CCOc1ccc(Cl)c(/C(O)=C2/C(=O)C(=O)N(CCc3c[nH]c4ccccc34)C2c2sccc2C)c1. The summed E-state index contributed by atoms with van der Waals surface area (Å²) in [6.45, 7) is 4.55. The first-order valence-corrected chi connectivity index (χ1v) is 13.0. The van der Waals surface area contributed by atoms with Crippen molar-refractivity contribution in [2.24, 2.45) is 0 Å². The molecule has 5 rings (SSSR count). The number of amides is 1. The molecule has 184 valence electrons. The van der Waals surface area contributed by atoms with Gasteiger partial charge in [-0.05, 0) is 67.1 Å². The van der Waals surface area contributed by atoms with Crippen molar-refractivity contribution in [3.63, 3.8) is 0 Å². The molecule has 1 fully saturated rings. The van der Waals surface area contributed by atoms with Crippen LogP contribution in [0.3, 0.4) is 0 Å². The fraction of sp³-hybridized carbons (Fsp3) is 0.214. The highest BCUT2D eigenvalue weighted by Crippen LogP contribution is 2.43. The number of likely N-dealkylation sites (tertiary alicyclic amines) is 1. The maximum Gasteiger partial charge on any atom is 0.295 e. The van der Waals surface area contributed by atoms with Crippen molar-refractivity contribution in [3.05, 3.63) is 92.3 Å². The highest BCUT2D eigenvalue weighted by molar-refractivity contribution is 7.10. The number of hydrogen-bond donors (Lipinski definition) is 2. The van der Waals surface area contributed by atoms with Crippen molar-refractivity contribution in [2.45, 2.75) is 26.3 Å². The van der Waals surface area contributed by atoms with Crippen LogP contribution in [0.1, 0.15) is 34.5 Å². The van der Waals surface area contributed by atoms with Gasteiger partial charge in [-0.3, -0.25) is 9.59 Å². The van der Waals surface area contributed by atoms with Crippen molar-refractivity contribution in [1.82, 2.24) is 9.88 Å². The van der Waals surface area contributed by atoms with Crippen LogP contribution in [-0.4, -0.2) is 39.8 Å². The molecule has 0 saturated carbocycles. The molecule has 1 amide bonds. The summed E-state index contributed by atoms with van der Waals surface area (Å²) in [6, 6.07) is 14.1. The lowest BCUT2D eigenvalue weighted by Gasteiger charge is -2.25. The number of hydrogen-bond acceptors (Lipinski definition) is 5. The third-order valence-electron chi connectivity index (χ3n) is 6.49. The Morgan fingerprint density at radius 1 is 1.19 bits per heavy atom. The van der Waals surface area contributed by atoms with Crippen LogP contribution in [-0.2, 0) is 16.0 Å². The maximum absolute atomic E-state index is 13.4. The van der Waals surface area contributed by atoms with Crippen molar-refractivity contribution in [2.75, 3.05) is 13.2 Å². The van der Waals surface area contributed by atoms with Crippen LogP contribution < -0.4 is 4.74 Å². The van der Waals surface area contributed by atoms with Gasteiger partial charge in [0.25, 0.3) is 11.7 Å². The Labute approximate surface area is 217 Å². The smallest absolute Gasteiger partial charge is 0.295 e. The molecular weight excluding hydrogens is 496 g/mol. The van der Waals surface area contributed by atoms with Gasteiger partial charge in [0.05, 0.1) is 23.2 Å². The standard InChI is InChI=1S/C28H25ClN2O4S/c1-3-35-18-8-9-21(29)20(14-18)25(32)23-24(27-16(2)11-13-36-27)31(28(34)26(23)33)12-10-17-15-30-22-7-5-4-6-19(17)22/h4-9,11,13-15,24,30,32H,3,10,12H2,1-2H3/b25-23-. The summed E-state index contributed by atoms with van der Waals surface area (Å²) < 4.78 is 5.56. The molecule has 3 heterocycles. The number of nitrogens with one attached hydrogen (secondary N) is 1. The summed E-state index contributed by atoms with van der Waals surface area (Å²) in [5.41, 5.74) is 3.33. The van der Waals surface area contributed by atoms with Gasteiger partial charge in [-0.2, -0.15) is 0 Å². The molecule has 1 aliphatic rings. The third kappa shape index (κ3) is 4.18. The van der Waals surface area contributed by atoms with E-state index in [0.29, 0.717) is 25.3 Å². The number of carbonyl (C=O) groups excluding carboxylic acids is 2. The van der Waals surface area contributed by atoms with E-state index < -0.39 is 17.7 Å². The molecule has 2 aromatic heterocycles. The number of halogens is 1. The number of aliphatic hydroxyl groups is 1. The van der Waals surface area contributed by atoms with Crippen LogP contribution >= 0.6 is 22.9 Å². The second-order valence-corrected chi connectivity index (χ2v) is 10.00. The normalized spacial score (nSPS) is 17.3. The second kappa shape index (κ2) is 9.84. The number of aromatic nitrogens is 1. The van der Waals surface area contributed by atoms with E-state index in [0.717, 1.165) is 26.9 Å². The van der Waals surface area contributed by atoms with Crippen LogP contribution in [0.5, 0.6) is 5.75 Å². The maximum atomic E-state index is 13.4. The Kier molecular flexibility index (Phi) is 6.60. The predicted molar refractivity (Wildman–Crippen MR) is 143 cm³/mol. The zero-order valence-electron chi connectivity index (χ0n) is 19.9. The monoisotopic (exact) mass is 520 g/mol. The lowest BCUT2D eigenvalue weighted by molar-refractivity contribution is -0.139. The fourth-order valence-corrected chi connectivity index (χ4v) is 5.97. The number of ether oxygens (including phenoxy) is 1. The van der Waals surface area contributed by atoms with Gasteiger partial charge in [0, 0.05) is 34.1 Å². The van der Waals surface area contributed by atoms with Crippen molar-refractivity contribution >= 4 is 51.3 Å². The molecule has 0 radical (unpaired) electrons. The average molecular weight is 521 g/mol. The number of aliphatic hydroxyl groups excluding tert-OH is 1. The molecule has 2 N–H and O–H groups in total. The summed E-state index contributed by atoms with van der Waals surface area (Å²) in [6.07, 6.45) is 2.49. The molecule has 6 nitrogen and oxygen atoms in total. The van der Waals surface area contributed by atoms with Gasteiger partial charge in [0.15, 0.2) is 0 Å². The van der Waals surface area contributed by atoms with Gasteiger partial charge in [0.1, 0.15) is 11.5 Å². The molecule has 1 unspecified atom stereocenters. The van der Waals surface area contributed by atoms with E-state index in [-0.39, 0.29) is 21.9 Å². The number of H-pyrrole nitrogens is 1. The first-order chi connectivity index (χ1) is 17.4. The number of fused-ring (bicyclic) bond motifs is 1. The Morgan fingerprint density at radius 2 is 2.00 bits per heavy atom. The van der Waals surface area contributed by atoms with Crippen LogP contribution in [0, 0.1) is 6.92 Å². The largest absolute Gasteiger partial charge is 0.507 e. The van der Waals surface area contributed by atoms with E-state index in [4.69, 9.17) is 16.3 Å². The van der Waals surface area contributed by atoms with Crippen molar-refractivity contribution in [1.29, 1.82) is 0 Å². The van der Waals surface area contributed by atoms with E-state index in [1.165, 1.54) is 11.3 Å². The Balaban J connectivity index is 1.58. The number of rotatable bonds is 7. The minimum atomic E-state index is -0.720. The lowest BCUT2D eigenvalue weighted by Crippen LogP contribution is -2.31. The second-order valence-electron chi connectivity index (χ2n) is 8.64. The average Bonchev–Trinajstić information content (AvgIpc) is 3.55. The van der Waals surface area contributed by atoms with Gasteiger partial charge in [0.2, 0.25) is 0 Å².